The van der Waals surface area contributed by atoms with Crippen molar-refractivity contribution in [3.8, 4) is 0 Å². The molecule has 0 spiro atoms. The molecule has 0 aliphatic carbocycles. The van der Waals surface area contributed by atoms with Crippen molar-refractivity contribution >= 4 is 23.1 Å². The van der Waals surface area contributed by atoms with Crippen LogP contribution >= 0.6 is 11.8 Å². The third-order valence-corrected chi connectivity index (χ3v) is 4.45. The van der Waals surface area contributed by atoms with Crippen molar-refractivity contribution in [2.24, 2.45) is 0 Å². The van der Waals surface area contributed by atoms with Crippen LogP contribution in [0.3, 0.4) is 0 Å². The van der Waals surface area contributed by atoms with Gasteiger partial charge in [-0.1, -0.05) is 36.0 Å². The third-order valence-electron chi connectivity index (χ3n) is 3.38. The summed E-state index contributed by atoms with van der Waals surface area (Å²) < 4.78 is 55.5. The van der Waals surface area contributed by atoms with Crippen molar-refractivity contribution in [3.63, 3.8) is 0 Å². The smallest absolute Gasteiger partial charge is 0.0645 e. The van der Waals surface area contributed by atoms with Gasteiger partial charge in [0.05, 0.1) is 16.9 Å². The van der Waals surface area contributed by atoms with Gasteiger partial charge in [-0.25, -0.2) is 0 Å². The Bertz CT molecular complexity index is 885. The van der Waals surface area contributed by atoms with Crippen LogP contribution in [-0.4, -0.2) is 31.5 Å². The fraction of sp³-hybridized carbons (Fsp3) is 0.294. The summed E-state index contributed by atoms with van der Waals surface area (Å²) in [4.78, 5) is 4.44. The summed E-state index contributed by atoms with van der Waals surface area (Å²) in [6, 6.07) is 6.40. The number of likely N-dealkylation sites (N-methyl/N-ethyl adjacent to an activating group) is 1. The van der Waals surface area contributed by atoms with Crippen molar-refractivity contribution in [1.29, 1.82) is 0 Å². The van der Waals surface area contributed by atoms with Gasteiger partial charge in [-0.05, 0) is 45.2 Å². The molecule has 0 amide bonds. The molecule has 1 heterocycles. The largest absolute Gasteiger partial charge is 0.338 e. The van der Waals surface area contributed by atoms with Gasteiger partial charge in [-0.15, -0.1) is 0 Å². The number of benzene rings is 2. The Balaban J connectivity index is 2.14. The van der Waals surface area contributed by atoms with Crippen LogP contribution in [0.5, 0.6) is 0 Å². The Morgan fingerprint density at radius 2 is 2.05 bits per heavy atom. The first-order valence-electron chi connectivity index (χ1n) is 9.91. The Kier molecular flexibility index (Phi) is 2.07. The molecule has 2 aromatic rings. The highest BCUT2D eigenvalue weighted by Crippen LogP contribution is 2.47. The quantitative estimate of drug-likeness (QED) is 0.835. The minimum Gasteiger partial charge on any atom is -0.338 e. The molecule has 0 saturated heterocycles. The number of anilines is 2. The minimum atomic E-state index is -2.25. The molecular weight excluding hydrogens is 264 g/mol. The van der Waals surface area contributed by atoms with E-state index in [-0.39, 0.29) is 36.8 Å². The molecule has 2 nitrogen and oxygen atoms in total. The summed E-state index contributed by atoms with van der Waals surface area (Å²) in [6.07, 6.45) is 0. The number of fused-ring (bicyclic) bond motifs is 2. The summed E-state index contributed by atoms with van der Waals surface area (Å²) in [5, 5.41) is 0. The molecule has 0 fully saturated rings. The van der Waals surface area contributed by atoms with Crippen LogP contribution in [-0.2, 0) is 0 Å². The fourth-order valence-corrected chi connectivity index (χ4v) is 3.14. The number of rotatable bonds is 3. The van der Waals surface area contributed by atoms with Crippen LogP contribution in [0.25, 0.3) is 0 Å². The zero-order chi connectivity index (χ0) is 20.1. The molecule has 0 bridgehead atoms. The molecular formula is C17H20N2S. The molecule has 3 rings (SSSR count). The van der Waals surface area contributed by atoms with E-state index in [1.807, 2.05) is 29.2 Å². The molecule has 3 heteroatoms. The highest BCUT2D eigenvalue weighted by atomic mass is 32.2. The Labute approximate surface area is 135 Å². The maximum Gasteiger partial charge on any atom is 0.0645 e. The van der Waals surface area contributed by atoms with Crippen molar-refractivity contribution < 1.29 is 9.60 Å². The predicted octanol–water partition coefficient (Wildman–Crippen LogP) is 4.24. The van der Waals surface area contributed by atoms with Gasteiger partial charge in [-0.3, -0.25) is 0 Å². The number of para-hydroxylation sites is 2. The lowest BCUT2D eigenvalue weighted by atomic mass is 10.2. The van der Waals surface area contributed by atoms with Gasteiger partial charge in [0.2, 0.25) is 0 Å². The van der Waals surface area contributed by atoms with Crippen LogP contribution < -0.4 is 4.90 Å². The maximum atomic E-state index is 8.39. The van der Waals surface area contributed by atoms with Gasteiger partial charge in [-0.2, -0.15) is 0 Å². The van der Waals surface area contributed by atoms with Crippen molar-refractivity contribution in [3.05, 3.63) is 48.4 Å². The van der Waals surface area contributed by atoms with Crippen molar-refractivity contribution in [1.82, 2.24) is 4.90 Å². The normalized spacial score (nSPS) is 20.6. The zero-order valence-electron chi connectivity index (χ0n) is 18.4. The molecule has 104 valence electrons. The first kappa shape index (κ1) is 7.53. The van der Waals surface area contributed by atoms with Crippen LogP contribution in [0, 0.1) is 0 Å². The number of hydrogen-bond donors (Lipinski definition) is 0. The van der Waals surface area contributed by atoms with Crippen LogP contribution in [0.15, 0.2) is 58.2 Å². The van der Waals surface area contributed by atoms with E-state index in [0.29, 0.717) is 10.6 Å². The van der Waals surface area contributed by atoms with Gasteiger partial charge >= 0.3 is 0 Å². The molecule has 0 aromatic heterocycles. The second kappa shape index (κ2) is 5.51. The number of nitrogens with zero attached hydrogens (tertiary/aromatic N) is 2. The SMILES string of the molecule is [2H]c1c([2H])c([2H])c2c(c1[2H])Sc1ccccc1N2CC(C)N(C)C([2H])([2H])[2H]. The lowest BCUT2D eigenvalue weighted by Gasteiger charge is -2.36. The zero-order valence-corrected chi connectivity index (χ0v) is 12.2. The molecule has 1 aliphatic heterocycles. The van der Waals surface area contributed by atoms with E-state index in [1.54, 1.807) is 6.92 Å². The number of hydrogen-bond acceptors (Lipinski definition) is 3. The second-order valence-electron chi connectivity index (χ2n) is 4.82. The van der Waals surface area contributed by atoms with Gasteiger partial charge < -0.3 is 9.80 Å². The molecule has 0 saturated carbocycles. The Hall–Kier alpha value is -1.45. The van der Waals surface area contributed by atoms with E-state index in [9.17, 15) is 0 Å². The van der Waals surface area contributed by atoms with Gasteiger partial charge in [0, 0.05) is 26.5 Å². The summed E-state index contributed by atoms with van der Waals surface area (Å²) in [7, 11) is 1.53. The van der Waals surface area contributed by atoms with Gasteiger partial charge in [0.25, 0.3) is 0 Å². The molecule has 1 unspecified atom stereocenters. The summed E-state index contributed by atoms with van der Waals surface area (Å²) in [5.74, 6) is 0. The van der Waals surface area contributed by atoms with Crippen LogP contribution in [0.4, 0.5) is 11.4 Å². The third kappa shape index (κ3) is 2.43. The van der Waals surface area contributed by atoms with Crippen molar-refractivity contribution in [2.75, 3.05) is 25.5 Å². The van der Waals surface area contributed by atoms with Crippen LogP contribution in [0.2, 0.25) is 0 Å². The fourth-order valence-electron chi connectivity index (χ4n) is 2.13. The lowest BCUT2D eigenvalue weighted by Crippen LogP contribution is -2.37. The average molecular weight is 291 g/mol. The molecule has 1 aliphatic rings. The molecule has 1 atom stereocenters. The van der Waals surface area contributed by atoms with E-state index in [1.165, 1.54) is 23.7 Å². The van der Waals surface area contributed by atoms with Gasteiger partial charge in [0.1, 0.15) is 0 Å². The first-order valence-corrected chi connectivity index (χ1v) is 7.23. The summed E-state index contributed by atoms with van der Waals surface area (Å²) in [5.41, 5.74) is 1.21. The summed E-state index contributed by atoms with van der Waals surface area (Å²) >= 11 is 1.31. The molecule has 0 N–H and O–H groups in total. The van der Waals surface area contributed by atoms with Crippen LogP contribution in [0.1, 0.15) is 16.5 Å². The minimum absolute atomic E-state index is 0.0765. The Morgan fingerprint density at radius 1 is 1.25 bits per heavy atom. The summed E-state index contributed by atoms with van der Waals surface area (Å²) in [6.45, 7) is -0.175. The first-order chi connectivity index (χ1) is 12.5. The van der Waals surface area contributed by atoms with E-state index >= 15 is 0 Å². The predicted molar refractivity (Wildman–Crippen MR) is 87.2 cm³/mol. The topological polar surface area (TPSA) is 6.48 Å². The van der Waals surface area contributed by atoms with Gasteiger partial charge in [0.15, 0.2) is 0 Å². The average Bonchev–Trinajstić information content (AvgIpc) is 2.62. The van der Waals surface area contributed by atoms with E-state index in [0.717, 1.165) is 10.6 Å². The monoisotopic (exact) mass is 291 g/mol. The maximum absolute atomic E-state index is 8.39. The highest BCUT2D eigenvalue weighted by Gasteiger charge is 2.24. The Morgan fingerprint density at radius 3 is 2.90 bits per heavy atom. The highest BCUT2D eigenvalue weighted by molar-refractivity contribution is 7.99. The molecule has 2 aromatic carbocycles. The van der Waals surface area contributed by atoms with E-state index < -0.39 is 6.98 Å². The van der Waals surface area contributed by atoms with Crippen molar-refractivity contribution in [2.45, 2.75) is 22.8 Å². The second-order valence-corrected chi connectivity index (χ2v) is 5.87. The standard InChI is InChI=1S/C17H20N2S/c1-13(18(2)3)12-19-14-8-4-6-10-16(14)20-17-11-7-5-9-15(17)19/h4-11,13H,12H2,1-3H3/i2D3,4D,6D,8D,10D. The van der Waals surface area contributed by atoms with E-state index in [2.05, 4.69) is 0 Å². The van der Waals surface area contributed by atoms with E-state index in [4.69, 9.17) is 9.60 Å². The lowest BCUT2D eigenvalue weighted by molar-refractivity contribution is 0.319. The molecule has 0 radical (unpaired) electrons. The molecule has 20 heavy (non-hydrogen) atoms.